The fourth-order valence-electron chi connectivity index (χ4n) is 3.72. The van der Waals surface area contributed by atoms with Gasteiger partial charge in [-0.1, -0.05) is 25.7 Å². The second kappa shape index (κ2) is 8.30. The van der Waals surface area contributed by atoms with Crippen molar-refractivity contribution in [2.75, 3.05) is 12.4 Å². The molecule has 1 aromatic rings. The highest BCUT2D eigenvalue weighted by atomic mass is 32.1. The van der Waals surface area contributed by atoms with Crippen LogP contribution in [0.25, 0.3) is 0 Å². The van der Waals surface area contributed by atoms with Crippen molar-refractivity contribution in [1.29, 1.82) is 0 Å². The first-order valence-corrected chi connectivity index (χ1v) is 10.2. The zero-order valence-corrected chi connectivity index (χ0v) is 15.9. The predicted octanol–water partition coefficient (Wildman–Crippen LogP) is 4.42. The summed E-state index contributed by atoms with van der Waals surface area (Å²) >= 11 is 7.17. The van der Waals surface area contributed by atoms with E-state index in [1.165, 1.54) is 62.5 Å². The van der Waals surface area contributed by atoms with Crippen molar-refractivity contribution in [3.05, 3.63) is 16.0 Å². The zero-order valence-electron chi connectivity index (χ0n) is 14.3. The van der Waals surface area contributed by atoms with Crippen molar-refractivity contribution in [2.24, 2.45) is 0 Å². The maximum absolute atomic E-state index is 12.3. The minimum absolute atomic E-state index is 0.252. The molecule has 0 aliphatic heterocycles. The number of ether oxygens (including phenoxy) is 1. The Morgan fingerprint density at radius 2 is 1.83 bits per heavy atom. The Kier molecular flexibility index (Phi) is 6.11. The molecular weight excluding hydrogens is 340 g/mol. The lowest BCUT2D eigenvalue weighted by molar-refractivity contribution is 0.0601. The number of carbonyl (C=O) groups is 1. The van der Waals surface area contributed by atoms with E-state index in [0.29, 0.717) is 16.7 Å². The van der Waals surface area contributed by atoms with Crippen LogP contribution in [0.5, 0.6) is 0 Å². The second-order valence-corrected chi connectivity index (χ2v) is 8.21. The third-order valence-corrected chi connectivity index (χ3v) is 6.41. The summed E-state index contributed by atoms with van der Waals surface area (Å²) < 4.78 is 5.04. The standard InChI is InChI=1S/C18H26N2O2S2/c1-22-17(21)15-13-10-6-3-7-11-14(13)24-16(15)20-18(23)19-12-8-4-2-5-9-12/h12H,2-11H2,1H3,(H2,19,20,23). The van der Waals surface area contributed by atoms with Crippen LogP contribution in [0.3, 0.4) is 0 Å². The minimum atomic E-state index is -0.252. The SMILES string of the molecule is COC(=O)c1c(NC(=S)NC2CCCCC2)sc2c1CCCCC2. The molecule has 132 valence electrons. The molecule has 2 aliphatic carbocycles. The van der Waals surface area contributed by atoms with Crippen LogP contribution in [0.2, 0.25) is 0 Å². The number of thiocarbonyl (C=S) groups is 1. The lowest BCUT2D eigenvalue weighted by Gasteiger charge is -2.24. The number of fused-ring (bicyclic) bond motifs is 1. The van der Waals surface area contributed by atoms with E-state index in [4.69, 9.17) is 17.0 Å². The number of carbonyl (C=O) groups excluding carboxylic acids is 1. The summed E-state index contributed by atoms with van der Waals surface area (Å²) in [5.41, 5.74) is 1.87. The van der Waals surface area contributed by atoms with E-state index < -0.39 is 0 Å². The lowest BCUT2D eigenvalue weighted by atomic mass is 9.96. The van der Waals surface area contributed by atoms with Crippen LogP contribution >= 0.6 is 23.6 Å². The van der Waals surface area contributed by atoms with E-state index in [2.05, 4.69) is 10.6 Å². The monoisotopic (exact) mass is 366 g/mol. The molecule has 0 bridgehead atoms. The molecule has 1 heterocycles. The average Bonchev–Trinajstić information content (AvgIpc) is 2.76. The number of rotatable bonds is 3. The molecule has 1 aromatic heterocycles. The van der Waals surface area contributed by atoms with Gasteiger partial charge < -0.3 is 15.4 Å². The van der Waals surface area contributed by atoms with Crippen molar-refractivity contribution < 1.29 is 9.53 Å². The van der Waals surface area contributed by atoms with Gasteiger partial charge >= 0.3 is 5.97 Å². The Labute approximate surface area is 153 Å². The molecule has 0 amide bonds. The van der Waals surface area contributed by atoms with Crippen molar-refractivity contribution in [1.82, 2.24) is 5.32 Å². The number of anilines is 1. The van der Waals surface area contributed by atoms with Gasteiger partial charge in [-0.15, -0.1) is 11.3 Å². The fourth-order valence-corrected chi connectivity index (χ4v) is 5.34. The Morgan fingerprint density at radius 1 is 1.12 bits per heavy atom. The van der Waals surface area contributed by atoms with Gasteiger partial charge in [0.05, 0.1) is 12.7 Å². The highest BCUT2D eigenvalue weighted by Gasteiger charge is 2.26. The summed E-state index contributed by atoms with van der Waals surface area (Å²) in [4.78, 5) is 13.6. The molecule has 4 nitrogen and oxygen atoms in total. The van der Waals surface area contributed by atoms with Gasteiger partial charge in [-0.2, -0.15) is 0 Å². The molecule has 0 radical (unpaired) electrons. The fraction of sp³-hybridized carbons (Fsp3) is 0.667. The van der Waals surface area contributed by atoms with E-state index in [9.17, 15) is 4.79 Å². The van der Waals surface area contributed by atoms with Crippen molar-refractivity contribution in [3.63, 3.8) is 0 Å². The van der Waals surface area contributed by atoms with Gasteiger partial charge in [-0.05, 0) is 56.3 Å². The molecule has 2 aliphatic rings. The summed E-state index contributed by atoms with van der Waals surface area (Å²) in [5, 5.41) is 8.19. The number of aryl methyl sites for hydroxylation is 1. The molecule has 1 fully saturated rings. The Balaban J connectivity index is 1.76. The topological polar surface area (TPSA) is 50.4 Å². The molecule has 0 aromatic carbocycles. The molecule has 1 saturated carbocycles. The third kappa shape index (κ3) is 4.09. The Bertz CT molecular complexity index is 606. The Morgan fingerprint density at radius 3 is 2.58 bits per heavy atom. The van der Waals surface area contributed by atoms with Gasteiger partial charge in [0, 0.05) is 10.9 Å². The highest BCUT2D eigenvalue weighted by Crippen LogP contribution is 2.38. The highest BCUT2D eigenvalue weighted by molar-refractivity contribution is 7.80. The van der Waals surface area contributed by atoms with Gasteiger partial charge in [-0.3, -0.25) is 0 Å². The van der Waals surface area contributed by atoms with Gasteiger partial charge in [0.2, 0.25) is 0 Å². The summed E-state index contributed by atoms with van der Waals surface area (Å²) in [7, 11) is 1.45. The van der Waals surface area contributed by atoms with E-state index in [-0.39, 0.29) is 5.97 Å². The van der Waals surface area contributed by atoms with E-state index in [1.54, 1.807) is 11.3 Å². The summed E-state index contributed by atoms with van der Waals surface area (Å²) in [6.45, 7) is 0. The van der Waals surface area contributed by atoms with Gasteiger partial charge in [-0.25, -0.2) is 4.79 Å². The quantitative estimate of drug-likeness (QED) is 0.471. The first-order valence-electron chi connectivity index (χ1n) is 8.99. The number of esters is 1. The molecule has 0 spiro atoms. The largest absolute Gasteiger partial charge is 0.465 e. The van der Waals surface area contributed by atoms with Crippen LogP contribution in [0, 0.1) is 0 Å². The molecule has 6 heteroatoms. The third-order valence-electron chi connectivity index (χ3n) is 4.98. The van der Waals surface area contributed by atoms with Crippen LogP contribution in [0.1, 0.15) is 72.2 Å². The first-order chi connectivity index (χ1) is 11.7. The predicted molar refractivity (Wildman–Crippen MR) is 103 cm³/mol. The molecule has 0 atom stereocenters. The molecular formula is C18H26N2O2S2. The van der Waals surface area contributed by atoms with Crippen molar-refractivity contribution in [2.45, 2.75) is 70.3 Å². The van der Waals surface area contributed by atoms with Gasteiger partial charge in [0.15, 0.2) is 5.11 Å². The zero-order chi connectivity index (χ0) is 16.9. The first kappa shape index (κ1) is 17.7. The van der Waals surface area contributed by atoms with Gasteiger partial charge in [0.1, 0.15) is 5.00 Å². The van der Waals surface area contributed by atoms with Crippen LogP contribution in [0.15, 0.2) is 0 Å². The number of hydrogen-bond acceptors (Lipinski definition) is 4. The lowest BCUT2D eigenvalue weighted by Crippen LogP contribution is -2.38. The number of methoxy groups -OCH3 is 1. The molecule has 0 unspecified atom stereocenters. The average molecular weight is 367 g/mol. The smallest absolute Gasteiger partial charge is 0.341 e. The maximum atomic E-state index is 12.3. The summed E-state index contributed by atoms with van der Waals surface area (Å²) in [6.07, 6.45) is 11.8. The Hall–Kier alpha value is -1.14. The molecule has 2 N–H and O–H groups in total. The number of nitrogens with one attached hydrogen (secondary N) is 2. The van der Waals surface area contributed by atoms with Crippen molar-refractivity contribution in [3.8, 4) is 0 Å². The van der Waals surface area contributed by atoms with Crippen LogP contribution in [0.4, 0.5) is 5.00 Å². The molecule has 24 heavy (non-hydrogen) atoms. The number of thiophene rings is 1. The summed E-state index contributed by atoms with van der Waals surface area (Å²) in [5.74, 6) is -0.252. The molecule has 3 rings (SSSR count). The normalized spacial score (nSPS) is 18.4. The van der Waals surface area contributed by atoms with Gasteiger partial charge in [0.25, 0.3) is 0 Å². The summed E-state index contributed by atoms with van der Waals surface area (Å²) in [6, 6.07) is 0.457. The van der Waals surface area contributed by atoms with Crippen molar-refractivity contribution >= 4 is 39.6 Å². The van der Waals surface area contributed by atoms with E-state index in [0.717, 1.165) is 24.3 Å². The second-order valence-electron chi connectivity index (χ2n) is 6.69. The van der Waals surface area contributed by atoms with E-state index >= 15 is 0 Å². The van der Waals surface area contributed by atoms with E-state index in [1.807, 2.05) is 0 Å². The maximum Gasteiger partial charge on any atom is 0.341 e. The van der Waals surface area contributed by atoms with Crippen LogP contribution < -0.4 is 10.6 Å². The number of hydrogen-bond donors (Lipinski definition) is 2. The van der Waals surface area contributed by atoms with Crippen LogP contribution in [-0.2, 0) is 17.6 Å². The van der Waals surface area contributed by atoms with Crippen LogP contribution in [-0.4, -0.2) is 24.2 Å². The minimum Gasteiger partial charge on any atom is -0.465 e. The molecule has 0 saturated heterocycles.